The standard InChI is InChI=1S/C20H29P/c1-3-5-9-15-21(16-10-6-4-2)20-14-13-18-11-7-8-12-19(18)17-20/h7-8,11-14,17H,3-6,9-10,15-16H2,1-2H3. The fraction of sp³-hybridized carbons (Fsp3) is 0.500. The van der Waals surface area contributed by atoms with E-state index in [0.717, 1.165) is 0 Å². The second kappa shape index (κ2) is 9.21. The molecule has 0 radical (unpaired) electrons. The van der Waals surface area contributed by atoms with Crippen LogP contribution in [-0.4, -0.2) is 12.3 Å². The lowest BCUT2D eigenvalue weighted by Gasteiger charge is -2.19. The molecule has 0 fully saturated rings. The summed E-state index contributed by atoms with van der Waals surface area (Å²) in [7, 11) is 0.0478. The first-order valence-corrected chi connectivity index (χ1v) is 10.3. The molecule has 0 saturated heterocycles. The summed E-state index contributed by atoms with van der Waals surface area (Å²) >= 11 is 0. The normalized spacial score (nSPS) is 11.4. The smallest absolute Gasteiger partial charge is 0.0178 e. The van der Waals surface area contributed by atoms with Crippen LogP contribution in [0.15, 0.2) is 42.5 Å². The van der Waals surface area contributed by atoms with Gasteiger partial charge in [-0.3, -0.25) is 0 Å². The van der Waals surface area contributed by atoms with Crippen LogP contribution in [0.1, 0.15) is 52.4 Å². The van der Waals surface area contributed by atoms with Crippen LogP contribution < -0.4 is 5.30 Å². The molecule has 114 valence electrons. The van der Waals surface area contributed by atoms with Crippen LogP contribution in [0.3, 0.4) is 0 Å². The Hall–Kier alpha value is -0.870. The maximum absolute atomic E-state index is 2.46. The second-order valence-corrected chi connectivity index (χ2v) is 8.42. The number of fused-ring (bicyclic) bond motifs is 1. The average Bonchev–Trinajstić information content (AvgIpc) is 2.53. The summed E-state index contributed by atoms with van der Waals surface area (Å²) in [6.07, 6.45) is 11.1. The second-order valence-electron chi connectivity index (χ2n) is 5.93. The van der Waals surface area contributed by atoms with Gasteiger partial charge in [-0.05, 0) is 47.3 Å². The van der Waals surface area contributed by atoms with Crippen molar-refractivity contribution >= 4 is 24.0 Å². The maximum Gasteiger partial charge on any atom is -0.0178 e. The molecule has 0 nitrogen and oxygen atoms in total. The minimum absolute atomic E-state index is 0.0478. The van der Waals surface area contributed by atoms with Gasteiger partial charge < -0.3 is 0 Å². The lowest BCUT2D eigenvalue weighted by Crippen LogP contribution is -2.06. The van der Waals surface area contributed by atoms with E-state index in [9.17, 15) is 0 Å². The highest BCUT2D eigenvalue weighted by molar-refractivity contribution is 7.65. The molecule has 0 aliphatic heterocycles. The molecule has 0 atom stereocenters. The molecule has 0 amide bonds. The first-order chi connectivity index (χ1) is 10.3. The third-order valence-electron chi connectivity index (χ3n) is 4.16. The molecule has 1 heteroatoms. The van der Waals surface area contributed by atoms with Crippen LogP contribution in [0.5, 0.6) is 0 Å². The summed E-state index contributed by atoms with van der Waals surface area (Å²) in [5, 5.41) is 4.41. The first-order valence-electron chi connectivity index (χ1n) is 8.59. The van der Waals surface area contributed by atoms with E-state index in [-0.39, 0.29) is 7.92 Å². The van der Waals surface area contributed by atoms with Crippen molar-refractivity contribution in [3.63, 3.8) is 0 Å². The van der Waals surface area contributed by atoms with Crippen molar-refractivity contribution in [1.29, 1.82) is 0 Å². The van der Waals surface area contributed by atoms with Crippen molar-refractivity contribution in [2.45, 2.75) is 52.4 Å². The summed E-state index contributed by atoms with van der Waals surface area (Å²) in [5.74, 6) is 0. The molecule has 0 aliphatic rings. The third-order valence-corrected chi connectivity index (χ3v) is 6.88. The fourth-order valence-corrected chi connectivity index (χ4v) is 5.41. The maximum atomic E-state index is 2.46. The molecule has 0 heterocycles. The van der Waals surface area contributed by atoms with E-state index >= 15 is 0 Å². The highest BCUT2D eigenvalue weighted by atomic mass is 31.1. The minimum Gasteiger partial charge on any atom is -0.0753 e. The first kappa shape index (κ1) is 16.5. The van der Waals surface area contributed by atoms with Crippen LogP contribution in [0, 0.1) is 0 Å². The van der Waals surface area contributed by atoms with Gasteiger partial charge in [-0.25, -0.2) is 0 Å². The topological polar surface area (TPSA) is 0 Å². The van der Waals surface area contributed by atoms with E-state index in [4.69, 9.17) is 0 Å². The van der Waals surface area contributed by atoms with Gasteiger partial charge in [0, 0.05) is 0 Å². The Morgan fingerprint density at radius 2 is 1.33 bits per heavy atom. The molecular formula is C20H29P. The van der Waals surface area contributed by atoms with Crippen LogP contribution in [0.25, 0.3) is 10.8 Å². The number of hydrogen-bond donors (Lipinski definition) is 0. The molecule has 0 saturated carbocycles. The summed E-state index contributed by atoms with van der Waals surface area (Å²) < 4.78 is 0. The van der Waals surface area contributed by atoms with Crippen LogP contribution in [-0.2, 0) is 0 Å². The predicted molar refractivity (Wildman–Crippen MR) is 99.3 cm³/mol. The van der Waals surface area contributed by atoms with Crippen molar-refractivity contribution in [3.05, 3.63) is 42.5 Å². The fourth-order valence-electron chi connectivity index (χ4n) is 2.85. The van der Waals surface area contributed by atoms with Crippen LogP contribution in [0.4, 0.5) is 0 Å². The third kappa shape index (κ3) is 5.11. The van der Waals surface area contributed by atoms with Crippen molar-refractivity contribution in [3.8, 4) is 0 Å². The van der Waals surface area contributed by atoms with Gasteiger partial charge in [-0.1, -0.05) is 83.9 Å². The average molecular weight is 300 g/mol. The highest BCUT2D eigenvalue weighted by Gasteiger charge is 2.11. The monoisotopic (exact) mass is 300 g/mol. The van der Waals surface area contributed by atoms with Crippen molar-refractivity contribution in [2.24, 2.45) is 0 Å². The van der Waals surface area contributed by atoms with Gasteiger partial charge in [0.1, 0.15) is 0 Å². The van der Waals surface area contributed by atoms with Gasteiger partial charge in [0.05, 0.1) is 0 Å². The van der Waals surface area contributed by atoms with Gasteiger partial charge in [0.2, 0.25) is 0 Å². The van der Waals surface area contributed by atoms with Gasteiger partial charge in [-0.15, -0.1) is 0 Å². The molecule has 2 aromatic carbocycles. The van der Waals surface area contributed by atoms with Gasteiger partial charge in [-0.2, -0.15) is 0 Å². The summed E-state index contributed by atoms with van der Waals surface area (Å²) in [5.41, 5.74) is 0. The summed E-state index contributed by atoms with van der Waals surface area (Å²) in [6, 6.07) is 15.9. The Balaban J connectivity index is 2.11. The molecule has 0 bridgehead atoms. The number of benzene rings is 2. The molecular weight excluding hydrogens is 271 g/mol. The zero-order chi connectivity index (χ0) is 14.9. The van der Waals surface area contributed by atoms with Crippen molar-refractivity contribution in [2.75, 3.05) is 12.3 Å². The Morgan fingerprint density at radius 1 is 0.714 bits per heavy atom. The molecule has 0 aromatic heterocycles. The van der Waals surface area contributed by atoms with E-state index in [1.807, 2.05) is 0 Å². The predicted octanol–water partition coefficient (Wildman–Crippen LogP) is 6.33. The zero-order valence-electron chi connectivity index (χ0n) is 13.6. The van der Waals surface area contributed by atoms with Crippen LogP contribution in [0.2, 0.25) is 0 Å². The van der Waals surface area contributed by atoms with E-state index in [0.29, 0.717) is 0 Å². The van der Waals surface area contributed by atoms with E-state index in [2.05, 4.69) is 56.3 Å². The summed E-state index contributed by atoms with van der Waals surface area (Å²) in [6.45, 7) is 4.60. The Labute approximate surface area is 131 Å². The van der Waals surface area contributed by atoms with Gasteiger partial charge in [0.25, 0.3) is 0 Å². The number of rotatable bonds is 9. The Kier molecular flexibility index (Phi) is 7.24. The molecule has 0 N–H and O–H groups in total. The molecule has 0 unspecified atom stereocenters. The van der Waals surface area contributed by atoms with Crippen LogP contribution >= 0.6 is 7.92 Å². The number of unbranched alkanes of at least 4 members (excludes halogenated alkanes) is 4. The minimum atomic E-state index is 0.0478. The van der Waals surface area contributed by atoms with E-state index in [1.54, 1.807) is 5.30 Å². The zero-order valence-corrected chi connectivity index (χ0v) is 14.5. The number of hydrogen-bond acceptors (Lipinski definition) is 0. The van der Waals surface area contributed by atoms with Gasteiger partial charge >= 0.3 is 0 Å². The molecule has 0 aliphatic carbocycles. The lowest BCUT2D eigenvalue weighted by molar-refractivity contribution is 0.763. The highest BCUT2D eigenvalue weighted by Crippen LogP contribution is 2.37. The molecule has 2 aromatic rings. The quantitative estimate of drug-likeness (QED) is 0.375. The Bertz CT molecular complexity index is 522. The van der Waals surface area contributed by atoms with Gasteiger partial charge in [0.15, 0.2) is 0 Å². The lowest BCUT2D eigenvalue weighted by atomic mass is 10.1. The van der Waals surface area contributed by atoms with E-state index < -0.39 is 0 Å². The Morgan fingerprint density at radius 3 is 1.95 bits per heavy atom. The largest absolute Gasteiger partial charge is 0.0753 e. The molecule has 21 heavy (non-hydrogen) atoms. The summed E-state index contributed by atoms with van der Waals surface area (Å²) in [4.78, 5) is 0. The van der Waals surface area contributed by atoms with Crippen molar-refractivity contribution in [1.82, 2.24) is 0 Å². The SMILES string of the molecule is CCCCCP(CCCCC)c1ccc2ccccc2c1. The molecule has 0 spiro atoms. The molecule has 2 rings (SSSR count). The van der Waals surface area contributed by atoms with E-state index in [1.165, 1.54) is 61.6 Å². The van der Waals surface area contributed by atoms with Crippen molar-refractivity contribution < 1.29 is 0 Å².